The summed E-state index contributed by atoms with van der Waals surface area (Å²) in [5.74, 6) is 0.832. The van der Waals surface area contributed by atoms with E-state index >= 15 is 0 Å². The van der Waals surface area contributed by atoms with E-state index in [1.807, 2.05) is 36.2 Å². The molecular formula is C12H15N5. The van der Waals surface area contributed by atoms with Gasteiger partial charge in [-0.05, 0) is 29.8 Å². The number of aromatic nitrogens is 3. The number of anilines is 1. The van der Waals surface area contributed by atoms with E-state index in [-0.39, 0.29) is 0 Å². The van der Waals surface area contributed by atoms with E-state index in [4.69, 9.17) is 5.73 Å². The zero-order valence-electron chi connectivity index (χ0n) is 9.74. The smallest absolute Gasteiger partial charge is 0.151 e. The highest BCUT2D eigenvalue weighted by Crippen LogP contribution is 2.11. The fourth-order valence-corrected chi connectivity index (χ4v) is 1.51. The third-order valence-corrected chi connectivity index (χ3v) is 2.48. The van der Waals surface area contributed by atoms with E-state index < -0.39 is 0 Å². The summed E-state index contributed by atoms with van der Waals surface area (Å²) in [6, 6.07) is 7.79. The lowest BCUT2D eigenvalue weighted by Gasteiger charge is -2.17. The van der Waals surface area contributed by atoms with Crippen LogP contribution in [0.15, 0.2) is 36.7 Å². The van der Waals surface area contributed by atoms with Crippen LogP contribution in [-0.2, 0) is 13.1 Å². The van der Waals surface area contributed by atoms with E-state index in [9.17, 15) is 0 Å². The number of nitrogens with two attached hydrogens (primary N) is 1. The highest BCUT2D eigenvalue weighted by molar-refractivity contribution is 5.37. The molecule has 0 amide bonds. The van der Waals surface area contributed by atoms with Crippen molar-refractivity contribution >= 4 is 5.82 Å². The first-order valence-corrected chi connectivity index (χ1v) is 5.42. The monoisotopic (exact) mass is 229 g/mol. The van der Waals surface area contributed by atoms with Crippen molar-refractivity contribution in [2.45, 2.75) is 13.1 Å². The highest BCUT2D eigenvalue weighted by atomic mass is 15.2. The fraction of sp³-hybridized carbons (Fsp3) is 0.250. The van der Waals surface area contributed by atoms with Gasteiger partial charge in [0.05, 0.1) is 5.69 Å². The van der Waals surface area contributed by atoms with Gasteiger partial charge in [-0.1, -0.05) is 0 Å². The minimum absolute atomic E-state index is 0.418. The van der Waals surface area contributed by atoms with Crippen LogP contribution in [-0.4, -0.2) is 22.2 Å². The zero-order chi connectivity index (χ0) is 12.1. The molecule has 2 aromatic rings. The van der Waals surface area contributed by atoms with Crippen molar-refractivity contribution in [3.63, 3.8) is 0 Å². The maximum absolute atomic E-state index is 5.48. The number of nitrogens with zero attached hydrogens (tertiary/aromatic N) is 4. The van der Waals surface area contributed by atoms with E-state index in [2.05, 4.69) is 15.2 Å². The second-order valence-electron chi connectivity index (χ2n) is 3.80. The summed E-state index contributed by atoms with van der Waals surface area (Å²) in [6.45, 7) is 1.19. The van der Waals surface area contributed by atoms with Crippen LogP contribution in [0.2, 0.25) is 0 Å². The molecule has 0 aromatic carbocycles. The predicted octanol–water partition coefficient (Wildman–Crippen LogP) is 0.967. The Bertz CT molecular complexity index is 454. The largest absolute Gasteiger partial charge is 0.354 e. The van der Waals surface area contributed by atoms with Crippen LogP contribution in [0.1, 0.15) is 11.3 Å². The summed E-state index contributed by atoms with van der Waals surface area (Å²) in [6.07, 6.45) is 3.57. The first kappa shape index (κ1) is 11.5. The fourth-order valence-electron chi connectivity index (χ4n) is 1.51. The summed E-state index contributed by atoms with van der Waals surface area (Å²) >= 11 is 0. The quantitative estimate of drug-likeness (QED) is 0.846. The van der Waals surface area contributed by atoms with Crippen molar-refractivity contribution in [3.8, 4) is 0 Å². The van der Waals surface area contributed by atoms with Gasteiger partial charge >= 0.3 is 0 Å². The molecule has 5 heteroatoms. The molecule has 0 radical (unpaired) electrons. The molecule has 0 bridgehead atoms. The molecule has 2 heterocycles. The highest BCUT2D eigenvalue weighted by Gasteiger charge is 2.04. The number of rotatable bonds is 4. The van der Waals surface area contributed by atoms with Crippen LogP contribution in [0.25, 0.3) is 0 Å². The molecular weight excluding hydrogens is 214 g/mol. The average Bonchev–Trinajstić information content (AvgIpc) is 2.40. The Kier molecular flexibility index (Phi) is 3.62. The van der Waals surface area contributed by atoms with Crippen LogP contribution < -0.4 is 10.6 Å². The maximum Gasteiger partial charge on any atom is 0.151 e. The molecule has 0 unspecified atom stereocenters. The lowest BCUT2D eigenvalue weighted by atomic mass is 10.2. The molecule has 2 aromatic heterocycles. The Labute approximate surface area is 100 Å². The van der Waals surface area contributed by atoms with Crippen molar-refractivity contribution in [1.29, 1.82) is 0 Å². The SMILES string of the molecule is CN(Cc1ccncc1)c1ccc(CN)nn1. The molecule has 0 aliphatic carbocycles. The van der Waals surface area contributed by atoms with Crippen molar-refractivity contribution in [3.05, 3.63) is 47.9 Å². The Morgan fingerprint density at radius 1 is 1.12 bits per heavy atom. The van der Waals surface area contributed by atoms with Gasteiger partial charge < -0.3 is 10.6 Å². The van der Waals surface area contributed by atoms with Gasteiger partial charge in [-0.25, -0.2) is 0 Å². The summed E-state index contributed by atoms with van der Waals surface area (Å²) in [7, 11) is 1.98. The molecule has 2 N–H and O–H groups in total. The molecule has 2 rings (SSSR count). The molecule has 5 nitrogen and oxygen atoms in total. The van der Waals surface area contributed by atoms with Gasteiger partial charge in [0.2, 0.25) is 0 Å². The number of pyridine rings is 1. The lowest BCUT2D eigenvalue weighted by molar-refractivity contribution is 0.835. The standard InChI is InChI=1S/C12H15N5/c1-17(9-10-4-6-14-7-5-10)12-3-2-11(8-13)15-16-12/h2-7H,8-9,13H2,1H3. The molecule has 88 valence electrons. The molecule has 0 atom stereocenters. The topological polar surface area (TPSA) is 67.9 Å². The van der Waals surface area contributed by atoms with Crippen LogP contribution in [0.4, 0.5) is 5.82 Å². The van der Waals surface area contributed by atoms with Gasteiger partial charge in [0.1, 0.15) is 0 Å². The second kappa shape index (κ2) is 5.36. The molecule has 0 aliphatic rings. The van der Waals surface area contributed by atoms with Crippen molar-refractivity contribution < 1.29 is 0 Å². The molecule has 0 aliphatic heterocycles. The third kappa shape index (κ3) is 2.98. The van der Waals surface area contributed by atoms with E-state index in [1.54, 1.807) is 12.4 Å². The normalized spacial score (nSPS) is 10.2. The van der Waals surface area contributed by atoms with Gasteiger partial charge in [-0.2, -0.15) is 5.10 Å². The van der Waals surface area contributed by atoms with Crippen LogP contribution in [0, 0.1) is 0 Å². The molecule has 0 saturated heterocycles. The first-order valence-electron chi connectivity index (χ1n) is 5.42. The lowest BCUT2D eigenvalue weighted by Crippen LogP contribution is -2.18. The second-order valence-corrected chi connectivity index (χ2v) is 3.80. The summed E-state index contributed by atoms with van der Waals surface area (Å²) in [5, 5.41) is 8.16. The molecule has 0 saturated carbocycles. The first-order chi connectivity index (χ1) is 8.29. The van der Waals surface area contributed by atoms with Crippen molar-refractivity contribution in [1.82, 2.24) is 15.2 Å². The van der Waals surface area contributed by atoms with E-state index in [0.717, 1.165) is 18.1 Å². The van der Waals surface area contributed by atoms with Crippen molar-refractivity contribution in [2.24, 2.45) is 5.73 Å². The van der Waals surface area contributed by atoms with E-state index in [0.29, 0.717) is 6.54 Å². The van der Waals surface area contributed by atoms with Gasteiger partial charge in [0.25, 0.3) is 0 Å². The van der Waals surface area contributed by atoms with E-state index in [1.165, 1.54) is 5.56 Å². The van der Waals surface area contributed by atoms with Crippen LogP contribution in [0.5, 0.6) is 0 Å². The Morgan fingerprint density at radius 2 is 1.88 bits per heavy atom. The summed E-state index contributed by atoms with van der Waals surface area (Å²) in [5.41, 5.74) is 7.46. The minimum Gasteiger partial charge on any atom is -0.354 e. The predicted molar refractivity (Wildman–Crippen MR) is 66.3 cm³/mol. The summed E-state index contributed by atoms with van der Waals surface area (Å²) < 4.78 is 0. The number of hydrogen-bond acceptors (Lipinski definition) is 5. The minimum atomic E-state index is 0.418. The molecule has 0 fully saturated rings. The number of hydrogen-bond donors (Lipinski definition) is 1. The Morgan fingerprint density at radius 3 is 2.47 bits per heavy atom. The Hall–Kier alpha value is -2.01. The van der Waals surface area contributed by atoms with Gasteiger partial charge in [-0.15, -0.1) is 5.10 Å². The van der Waals surface area contributed by atoms with Gasteiger partial charge in [0, 0.05) is 32.5 Å². The Balaban J connectivity index is 2.06. The third-order valence-electron chi connectivity index (χ3n) is 2.48. The van der Waals surface area contributed by atoms with Crippen molar-refractivity contribution in [2.75, 3.05) is 11.9 Å². The molecule has 0 spiro atoms. The van der Waals surface area contributed by atoms with Crippen LogP contribution in [0.3, 0.4) is 0 Å². The van der Waals surface area contributed by atoms with Crippen LogP contribution >= 0.6 is 0 Å². The maximum atomic E-state index is 5.48. The zero-order valence-corrected chi connectivity index (χ0v) is 9.74. The van der Waals surface area contributed by atoms with Gasteiger partial charge in [-0.3, -0.25) is 4.98 Å². The summed E-state index contributed by atoms with van der Waals surface area (Å²) in [4.78, 5) is 6.02. The average molecular weight is 229 g/mol. The van der Waals surface area contributed by atoms with Gasteiger partial charge in [0.15, 0.2) is 5.82 Å². The molecule has 17 heavy (non-hydrogen) atoms.